The zero-order valence-electron chi connectivity index (χ0n) is 6.40. The van der Waals surface area contributed by atoms with Gasteiger partial charge < -0.3 is 14.9 Å². The van der Waals surface area contributed by atoms with Crippen LogP contribution in [0.2, 0.25) is 0 Å². The van der Waals surface area contributed by atoms with Crippen LogP contribution >= 0.6 is 0 Å². The van der Waals surface area contributed by atoms with E-state index in [0.717, 1.165) is 5.75 Å². The molecule has 0 saturated carbocycles. The molecule has 0 spiro atoms. The lowest BCUT2D eigenvalue weighted by Crippen LogP contribution is -1.78. The highest BCUT2D eigenvalue weighted by molar-refractivity contribution is 5.20. The van der Waals surface area contributed by atoms with E-state index in [4.69, 9.17) is 14.9 Å². The van der Waals surface area contributed by atoms with Crippen molar-refractivity contribution in [3.05, 3.63) is 30.3 Å². The number of benzene rings is 1. The van der Waals surface area contributed by atoms with Gasteiger partial charge in [0.2, 0.25) is 0 Å². The molecule has 11 heavy (non-hydrogen) atoms. The fourth-order valence-electron chi connectivity index (χ4n) is 0.557. The molecular weight excluding hydrogens is 144 g/mol. The maximum absolute atomic E-state index is 7.12. The van der Waals surface area contributed by atoms with Gasteiger partial charge >= 0.3 is 0 Å². The van der Waals surface area contributed by atoms with Gasteiger partial charge in [-0.15, -0.1) is 0 Å². The van der Waals surface area contributed by atoms with E-state index < -0.39 is 6.79 Å². The van der Waals surface area contributed by atoms with E-state index in [1.54, 1.807) is 7.11 Å². The summed E-state index contributed by atoms with van der Waals surface area (Å²) in [6.45, 7) is -0.750. The lowest BCUT2D eigenvalue weighted by Gasteiger charge is -1.93. The predicted octanol–water partition coefficient (Wildman–Crippen LogP) is 0.624. The average Bonchev–Trinajstić information content (AvgIpc) is 2.08. The van der Waals surface area contributed by atoms with Crippen LogP contribution < -0.4 is 4.74 Å². The van der Waals surface area contributed by atoms with Crippen molar-refractivity contribution < 1.29 is 14.9 Å². The summed E-state index contributed by atoms with van der Waals surface area (Å²) in [6, 6.07) is 9.68. The van der Waals surface area contributed by atoms with Crippen LogP contribution in [0.25, 0.3) is 0 Å². The average molecular weight is 156 g/mol. The minimum atomic E-state index is -0.750. The molecule has 1 aromatic carbocycles. The van der Waals surface area contributed by atoms with E-state index in [-0.39, 0.29) is 0 Å². The summed E-state index contributed by atoms with van der Waals surface area (Å²) >= 11 is 0. The van der Waals surface area contributed by atoms with Crippen molar-refractivity contribution in [2.75, 3.05) is 13.9 Å². The van der Waals surface area contributed by atoms with E-state index in [0.29, 0.717) is 0 Å². The molecule has 0 heterocycles. The molecule has 0 radical (unpaired) electrons. The molecule has 0 fully saturated rings. The number of rotatable bonds is 1. The molecule has 0 aliphatic rings. The van der Waals surface area contributed by atoms with Gasteiger partial charge in [-0.2, -0.15) is 0 Å². The fourth-order valence-corrected chi connectivity index (χ4v) is 0.557. The predicted molar refractivity (Wildman–Crippen MR) is 42.3 cm³/mol. The third kappa shape index (κ3) is 5.39. The van der Waals surface area contributed by atoms with Gasteiger partial charge in [0.05, 0.1) is 7.11 Å². The number of aliphatic hydroxyl groups excluding tert-OH is 1. The molecule has 0 aromatic heterocycles. The van der Waals surface area contributed by atoms with Gasteiger partial charge in [0.25, 0.3) is 0 Å². The van der Waals surface area contributed by atoms with Gasteiger partial charge in [0.1, 0.15) is 12.5 Å². The van der Waals surface area contributed by atoms with Crippen LogP contribution in [-0.2, 0) is 0 Å². The summed E-state index contributed by atoms with van der Waals surface area (Å²) < 4.78 is 4.91. The first kappa shape index (κ1) is 9.94. The van der Waals surface area contributed by atoms with Gasteiger partial charge in [0.15, 0.2) is 0 Å². The monoisotopic (exact) mass is 156 g/mol. The Bertz CT molecular complexity index is 162. The zero-order valence-corrected chi connectivity index (χ0v) is 6.40. The molecule has 2 N–H and O–H groups in total. The van der Waals surface area contributed by atoms with Crippen molar-refractivity contribution in [2.24, 2.45) is 0 Å². The Morgan fingerprint density at radius 3 is 1.91 bits per heavy atom. The van der Waals surface area contributed by atoms with Crippen molar-refractivity contribution in [3.8, 4) is 5.75 Å². The van der Waals surface area contributed by atoms with Crippen molar-refractivity contribution >= 4 is 0 Å². The second kappa shape index (κ2) is 7.05. The molecule has 0 bridgehead atoms. The molecule has 0 saturated heterocycles. The Labute approximate surface area is 65.9 Å². The van der Waals surface area contributed by atoms with E-state index in [1.807, 2.05) is 30.3 Å². The number of aliphatic hydroxyl groups is 2. The highest BCUT2D eigenvalue weighted by atomic mass is 16.5. The maximum Gasteiger partial charge on any atom is 0.140 e. The number of para-hydroxylation sites is 1. The molecule has 0 atom stereocenters. The normalized spacial score (nSPS) is 7.91. The molecular formula is C8H12O3. The lowest BCUT2D eigenvalue weighted by atomic mass is 10.3. The van der Waals surface area contributed by atoms with Crippen molar-refractivity contribution in [3.63, 3.8) is 0 Å². The second-order valence-corrected chi connectivity index (χ2v) is 1.66. The van der Waals surface area contributed by atoms with Crippen LogP contribution in [-0.4, -0.2) is 24.1 Å². The van der Waals surface area contributed by atoms with Crippen LogP contribution in [0.1, 0.15) is 0 Å². The standard InChI is InChI=1S/C7H8O.CH4O2/c1-8-7-5-3-2-4-6-7;2-1-3/h2-6H,1H3;2-3H,1H2. The molecule has 1 rings (SSSR count). The number of hydrogen-bond donors (Lipinski definition) is 2. The minimum Gasteiger partial charge on any atom is -0.497 e. The van der Waals surface area contributed by atoms with E-state index in [1.165, 1.54) is 0 Å². The Morgan fingerprint density at radius 1 is 1.18 bits per heavy atom. The Kier molecular flexibility index (Phi) is 6.37. The first-order valence-corrected chi connectivity index (χ1v) is 3.16. The summed E-state index contributed by atoms with van der Waals surface area (Å²) in [5.41, 5.74) is 0. The van der Waals surface area contributed by atoms with E-state index >= 15 is 0 Å². The van der Waals surface area contributed by atoms with Crippen LogP contribution in [0.3, 0.4) is 0 Å². The highest BCUT2D eigenvalue weighted by Crippen LogP contribution is 2.05. The van der Waals surface area contributed by atoms with Gasteiger partial charge in [0, 0.05) is 0 Å². The van der Waals surface area contributed by atoms with Crippen LogP contribution in [0.4, 0.5) is 0 Å². The molecule has 3 heteroatoms. The smallest absolute Gasteiger partial charge is 0.140 e. The summed E-state index contributed by atoms with van der Waals surface area (Å²) in [5.74, 6) is 0.910. The molecule has 0 aliphatic carbocycles. The first-order chi connectivity index (χ1) is 5.35. The SMILES string of the molecule is COc1ccccc1.OCO. The largest absolute Gasteiger partial charge is 0.497 e. The molecule has 1 aromatic rings. The molecule has 0 aliphatic heterocycles. The molecule has 62 valence electrons. The number of hydrogen-bond acceptors (Lipinski definition) is 3. The van der Waals surface area contributed by atoms with E-state index in [2.05, 4.69) is 0 Å². The number of methoxy groups -OCH3 is 1. The van der Waals surface area contributed by atoms with Gasteiger partial charge in [-0.25, -0.2) is 0 Å². The Balaban J connectivity index is 0.000000292. The maximum atomic E-state index is 7.12. The third-order valence-corrected chi connectivity index (χ3v) is 0.979. The lowest BCUT2D eigenvalue weighted by molar-refractivity contribution is 0.0773. The van der Waals surface area contributed by atoms with Crippen LogP contribution in [0, 0.1) is 0 Å². The fraction of sp³-hybridized carbons (Fsp3) is 0.250. The van der Waals surface area contributed by atoms with Crippen LogP contribution in [0.15, 0.2) is 30.3 Å². The summed E-state index contributed by atoms with van der Waals surface area (Å²) in [4.78, 5) is 0. The minimum absolute atomic E-state index is 0.750. The number of ether oxygens (including phenoxy) is 1. The van der Waals surface area contributed by atoms with Crippen molar-refractivity contribution in [1.82, 2.24) is 0 Å². The summed E-state index contributed by atoms with van der Waals surface area (Å²) in [5, 5.41) is 14.2. The third-order valence-electron chi connectivity index (χ3n) is 0.979. The van der Waals surface area contributed by atoms with Gasteiger partial charge in [-0.3, -0.25) is 0 Å². The van der Waals surface area contributed by atoms with Gasteiger partial charge in [-0.05, 0) is 12.1 Å². The summed E-state index contributed by atoms with van der Waals surface area (Å²) in [6.07, 6.45) is 0. The van der Waals surface area contributed by atoms with Crippen molar-refractivity contribution in [1.29, 1.82) is 0 Å². The summed E-state index contributed by atoms with van der Waals surface area (Å²) in [7, 11) is 1.66. The van der Waals surface area contributed by atoms with Crippen molar-refractivity contribution in [2.45, 2.75) is 0 Å². The van der Waals surface area contributed by atoms with Crippen LogP contribution in [0.5, 0.6) is 5.75 Å². The molecule has 3 nitrogen and oxygen atoms in total. The molecule has 0 amide bonds. The topological polar surface area (TPSA) is 49.7 Å². The highest BCUT2D eigenvalue weighted by Gasteiger charge is 1.80. The Morgan fingerprint density at radius 2 is 1.64 bits per heavy atom. The zero-order chi connectivity index (χ0) is 8.53. The quantitative estimate of drug-likeness (QED) is 0.586. The molecule has 0 unspecified atom stereocenters. The first-order valence-electron chi connectivity index (χ1n) is 3.16. The van der Waals surface area contributed by atoms with E-state index in [9.17, 15) is 0 Å². The second-order valence-electron chi connectivity index (χ2n) is 1.66. The Hall–Kier alpha value is -1.06. The van der Waals surface area contributed by atoms with Gasteiger partial charge in [-0.1, -0.05) is 18.2 Å².